The summed E-state index contributed by atoms with van der Waals surface area (Å²) in [6, 6.07) is 8.83. The lowest BCUT2D eigenvalue weighted by molar-refractivity contribution is -0.140. The third-order valence-electron chi connectivity index (χ3n) is 2.77. The van der Waals surface area contributed by atoms with Crippen LogP contribution in [0, 0.1) is 5.82 Å². The lowest BCUT2D eigenvalue weighted by atomic mass is 10.1. The monoisotopic (exact) mass is 382 g/mol. The van der Waals surface area contributed by atoms with E-state index in [-0.39, 0.29) is 5.78 Å². The molecule has 0 saturated carbocycles. The Balaban J connectivity index is 1.94. The van der Waals surface area contributed by atoms with E-state index in [4.69, 9.17) is 4.74 Å². The SMILES string of the molecule is C[C@@H](OC(=O)/C=C/c1ccc(Br)s1)C(=O)c1ccc(F)cc1. The van der Waals surface area contributed by atoms with E-state index in [1.54, 1.807) is 6.08 Å². The second-order valence-corrected chi connectivity index (χ2v) is 6.92. The molecule has 0 aliphatic rings. The Labute approximate surface area is 139 Å². The quantitative estimate of drug-likeness (QED) is 0.435. The van der Waals surface area contributed by atoms with Gasteiger partial charge in [-0.15, -0.1) is 11.3 Å². The van der Waals surface area contributed by atoms with Gasteiger partial charge in [-0.25, -0.2) is 9.18 Å². The molecule has 0 amide bonds. The molecule has 0 bridgehead atoms. The Hall–Kier alpha value is -1.79. The highest BCUT2D eigenvalue weighted by Crippen LogP contribution is 2.23. The van der Waals surface area contributed by atoms with Crippen molar-refractivity contribution in [2.24, 2.45) is 0 Å². The molecule has 0 radical (unpaired) electrons. The van der Waals surface area contributed by atoms with Crippen LogP contribution in [0.4, 0.5) is 4.39 Å². The van der Waals surface area contributed by atoms with Crippen molar-refractivity contribution in [1.29, 1.82) is 0 Å². The van der Waals surface area contributed by atoms with Gasteiger partial charge in [-0.1, -0.05) is 0 Å². The number of Topliss-reactive ketones (excluding diaryl/α,β-unsaturated/α-hetero) is 1. The molecule has 1 aromatic heterocycles. The highest BCUT2D eigenvalue weighted by Gasteiger charge is 2.18. The van der Waals surface area contributed by atoms with Crippen LogP contribution in [0.2, 0.25) is 0 Å². The van der Waals surface area contributed by atoms with Crippen LogP contribution >= 0.6 is 27.3 Å². The fourth-order valence-corrected chi connectivity index (χ4v) is 3.01. The van der Waals surface area contributed by atoms with Gasteiger partial charge in [-0.05, 0) is 65.3 Å². The van der Waals surface area contributed by atoms with Gasteiger partial charge in [0.05, 0.1) is 3.79 Å². The highest BCUT2D eigenvalue weighted by molar-refractivity contribution is 9.11. The number of hydrogen-bond acceptors (Lipinski definition) is 4. The summed E-state index contributed by atoms with van der Waals surface area (Å²) in [5.74, 6) is -1.40. The lowest BCUT2D eigenvalue weighted by Gasteiger charge is -2.10. The van der Waals surface area contributed by atoms with Crippen molar-refractivity contribution in [1.82, 2.24) is 0 Å². The van der Waals surface area contributed by atoms with Gasteiger partial charge in [0.15, 0.2) is 6.10 Å². The topological polar surface area (TPSA) is 43.4 Å². The normalized spacial score (nSPS) is 12.3. The summed E-state index contributed by atoms with van der Waals surface area (Å²) in [6.45, 7) is 1.49. The predicted molar refractivity (Wildman–Crippen MR) is 87.3 cm³/mol. The van der Waals surface area contributed by atoms with E-state index in [9.17, 15) is 14.0 Å². The molecule has 0 spiro atoms. The van der Waals surface area contributed by atoms with Crippen molar-refractivity contribution in [3.63, 3.8) is 0 Å². The summed E-state index contributed by atoms with van der Waals surface area (Å²) < 4.78 is 18.8. The molecule has 0 aliphatic carbocycles. The fraction of sp³-hybridized carbons (Fsp3) is 0.125. The molecule has 2 aromatic rings. The van der Waals surface area contributed by atoms with E-state index in [1.807, 2.05) is 12.1 Å². The van der Waals surface area contributed by atoms with Crippen molar-refractivity contribution < 1.29 is 18.7 Å². The molecular weight excluding hydrogens is 371 g/mol. The average Bonchev–Trinajstić information content (AvgIpc) is 2.91. The zero-order chi connectivity index (χ0) is 16.1. The van der Waals surface area contributed by atoms with Gasteiger partial charge >= 0.3 is 5.97 Å². The Morgan fingerprint density at radius 3 is 2.50 bits per heavy atom. The first kappa shape index (κ1) is 16.6. The van der Waals surface area contributed by atoms with Crippen molar-refractivity contribution in [3.8, 4) is 0 Å². The number of carbonyl (C=O) groups is 2. The van der Waals surface area contributed by atoms with Crippen LogP contribution in [0.5, 0.6) is 0 Å². The third kappa shape index (κ3) is 4.61. The lowest BCUT2D eigenvalue weighted by Crippen LogP contribution is -2.23. The maximum atomic E-state index is 12.8. The molecule has 6 heteroatoms. The van der Waals surface area contributed by atoms with E-state index in [1.165, 1.54) is 48.6 Å². The molecule has 3 nitrogen and oxygen atoms in total. The summed E-state index contributed by atoms with van der Waals surface area (Å²) >= 11 is 4.80. The van der Waals surface area contributed by atoms with Gasteiger partial charge < -0.3 is 4.74 Å². The summed E-state index contributed by atoms with van der Waals surface area (Å²) in [7, 11) is 0. The average molecular weight is 383 g/mol. The number of ether oxygens (including phenoxy) is 1. The highest BCUT2D eigenvalue weighted by atomic mass is 79.9. The molecule has 0 aliphatic heterocycles. The Morgan fingerprint density at radius 1 is 1.23 bits per heavy atom. The van der Waals surface area contributed by atoms with Gasteiger partial charge in [0.1, 0.15) is 5.82 Å². The minimum Gasteiger partial charge on any atom is -0.451 e. The Bertz CT molecular complexity index is 706. The molecule has 114 valence electrons. The van der Waals surface area contributed by atoms with Crippen LogP contribution in [0.25, 0.3) is 6.08 Å². The molecule has 22 heavy (non-hydrogen) atoms. The first-order valence-electron chi connectivity index (χ1n) is 6.39. The van der Waals surface area contributed by atoms with E-state index in [0.29, 0.717) is 5.56 Å². The maximum Gasteiger partial charge on any atom is 0.331 e. The predicted octanol–water partition coefficient (Wildman–Crippen LogP) is 4.48. The van der Waals surface area contributed by atoms with Crippen molar-refractivity contribution in [2.45, 2.75) is 13.0 Å². The van der Waals surface area contributed by atoms with Crippen LogP contribution in [0.15, 0.2) is 46.3 Å². The molecule has 0 N–H and O–H groups in total. The standard InChI is InChI=1S/C16H12BrFO3S/c1-10(16(20)11-2-4-12(18)5-3-11)21-15(19)9-7-13-6-8-14(17)22-13/h2-10H,1H3/b9-7+/t10-/m1/s1. The number of carbonyl (C=O) groups excluding carboxylic acids is 2. The summed E-state index contributed by atoms with van der Waals surface area (Å²) in [4.78, 5) is 24.6. The maximum absolute atomic E-state index is 12.8. The van der Waals surface area contributed by atoms with E-state index in [2.05, 4.69) is 15.9 Å². The number of halogens is 2. The van der Waals surface area contributed by atoms with Crippen LogP contribution in [0.3, 0.4) is 0 Å². The second-order valence-electron chi connectivity index (χ2n) is 4.43. The van der Waals surface area contributed by atoms with Crippen LogP contribution in [-0.2, 0) is 9.53 Å². The summed E-state index contributed by atoms with van der Waals surface area (Å²) in [5.41, 5.74) is 0.299. The molecule has 0 unspecified atom stereocenters. The van der Waals surface area contributed by atoms with Gasteiger partial charge in [0.25, 0.3) is 0 Å². The molecule has 1 atom stereocenters. The summed E-state index contributed by atoms with van der Waals surface area (Å²) in [5, 5.41) is 0. The second kappa shape index (κ2) is 7.47. The molecule has 1 heterocycles. The zero-order valence-corrected chi connectivity index (χ0v) is 14.0. The molecule has 0 fully saturated rings. The van der Waals surface area contributed by atoms with E-state index < -0.39 is 17.9 Å². The third-order valence-corrected chi connectivity index (χ3v) is 4.36. The minimum absolute atomic E-state index is 0.299. The molecule has 2 rings (SSSR count). The first-order valence-corrected chi connectivity index (χ1v) is 8.00. The number of esters is 1. The van der Waals surface area contributed by atoms with Crippen LogP contribution in [-0.4, -0.2) is 17.9 Å². The van der Waals surface area contributed by atoms with Gasteiger partial charge in [-0.2, -0.15) is 0 Å². The van der Waals surface area contributed by atoms with Gasteiger partial charge in [0, 0.05) is 16.5 Å². The van der Waals surface area contributed by atoms with Crippen molar-refractivity contribution in [3.05, 3.63) is 62.5 Å². The molecule has 0 saturated heterocycles. The van der Waals surface area contributed by atoms with E-state index in [0.717, 1.165) is 8.66 Å². The van der Waals surface area contributed by atoms with E-state index >= 15 is 0 Å². The molecule has 1 aromatic carbocycles. The smallest absolute Gasteiger partial charge is 0.331 e. The van der Waals surface area contributed by atoms with Gasteiger partial charge in [0.2, 0.25) is 5.78 Å². The Kier molecular flexibility index (Phi) is 5.63. The fourth-order valence-electron chi connectivity index (χ4n) is 1.68. The first-order chi connectivity index (χ1) is 10.5. The van der Waals surface area contributed by atoms with Crippen LogP contribution < -0.4 is 0 Å². The van der Waals surface area contributed by atoms with Crippen molar-refractivity contribution in [2.75, 3.05) is 0 Å². The molecular formula is C16H12BrFO3S. The summed E-state index contributed by atoms with van der Waals surface area (Å²) in [6.07, 6.45) is 1.96. The number of rotatable bonds is 5. The van der Waals surface area contributed by atoms with Crippen molar-refractivity contribution >= 4 is 45.1 Å². The van der Waals surface area contributed by atoms with Crippen LogP contribution in [0.1, 0.15) is 22.2 Å². The number of hydrogen-bond donors (Lipinski definition) is 0. The minimum atomic E-state index is -0.933. The number of ketones is 1. The Morgan fingerprint density at radius 2 is 1.91 bits per heavy atom. The number of benzene rings is 1. The zero-order valence-electron chi connectivity index (χ0n) is 11.6. The largest absolute Gasteiger partial charge is 0.451 e. The number of thiophene rings is 1. The van der Waals surface area contributed by atoms with Gasteiger partial charge in [-0.3, -0.25) is 4.79 Å².